The molecule has 0 bridgehead atoms. The van der Waals surface area contributed by atoms with E-state index in [2.05, 4.69) is 4.98 Å². The van der Waals surface area contributed by atoms with Gasteiger partial charge in [-0.2, -0.15) is 0 Å². The number of rotatable bonds is 5. The minimum atomic E-state index is -1.37. The topological polar surface area (TPSA) is 90.7 Å². The summed E-state index contributed by atoms with van der Waals surface area (Å²) in [6.45, 7) is -0.437. The molecule has 0 fully saturated rings. The van der Waals surface area contributed by atoms with Crippen LogP contribution in [0.25, 0.3) is 0 Å². The van der Waals surface area contributed by atoms with Gasteiger partial charge in [0.05, 0.1) is 18.3 Å². The smallest absolute Gasteiger partial charge is 0.338 e. The quantitative estimate of drug-likeness (QED) is 0.651. The van der Waals surface area contributed by atoms with Crippen LogP contribution in [0.3, 0.4) is 0 Å². The van der Waals surface area contributed by atoms with E-state index in [0.29, 0.717) is 0 Å². The molecular formula is C9H10FNO4S. The minimum absolute atomic E-state index is 0.0451. The second-order valence-electron chi connectivity index (χ2n) is 2.93. The number of pyridine rings is 1. The predicted octanol–water partition coefficient (Wildman–Crippen LogP) is 0.364. The van der Waals surface area contributed by atoms with E-state index in [1.807, 2.05) is 0 Å². The van der Waals surface area contributed by atoms with Crippen LogP contribution in [0.5, 0.6) is 0 Å². The molecule has 88 valence electrons. The number of nitrogens with zero attached hydrogens (tertiary/aromatic N) is 1. The van der Waals surface area contributed by atoms with Crippen molar-refractivity contribution in [3.05, 3.63) is 23.6 Å². The van der Waals surface area contributed by atoms with Crippen LogP contribution in [0.4, 0.5) is 4.39 Å². The Kier molecular flexibility index (Phi) is 4.66. The van der Waals surface area contributed by atoms with Gasteiger partial charge in [0, 0.05) is 11.9 Å². The van der Waals surface area contributed by atoms with E-state index in [9.17, 15) is 9.18 Å². The zero-order valence-electron chi connectivity index (χ0n) is 8.13. The van der Waals surface area contributed by atoms with Crippen LogP contribution in [0.1, 0.15) is 10.4 Å². The summed E-state index contributed by atoms with van der Waals surface area (Å²) in [7, 11) is 0. The molecule has 0 aliphatic rings. The molecule has 0 radical (unpaired) electrons. The normalized spacial score (nSPS) is 12.4. The molecule has 0 aromatic carbocycles. The first-order chi connectivity index (χ1) is 7.56. The van der Waals surface area contributed by atoms with Gasteiger partial charge in [-0.15, -0.1) is 11.8 Å². The molecule has 0 amide bonds. The molecule has 3 N–H and O–H groups in total. The monoisotopic (exact) mass is 247 g/mol. The van der Waals surface area contributed by atoms with Crippen molar-refractivity contribution in [2.75, 3.05) is 12.4 Å². The van der Waals surface area contributed by atoms with Crippen LogP contribution in [0.15, 0.2) is 17.3 Å². The molecule has 0 aliphatic carbocycles. The molecular weight excluding hydrogens is 237 g/mol. The highest BCUT2D eigenvalue weighted by Crippen LogP contribution is 2.22. The first-order valence-corrected chi connectivity index (χ1v) is 5.34. The second-order valence-corrected chi connectivity index (χ2v) is 3.94. The van der Waals surface area contributed by atoms with E-state index in [1.54, 1.807) is 0 Å². The first-order valence-electron chi connectivity index (χ1n) is 4.35. The molecule has 1 heterocycles. The van der Waals surface area contributed by atoms with E-state index in [-0.39, 0.29) is 10.8 Å². The highest BCUT2D eigenvalue weighted by Gasteiger charge is 2.16. The fraction of sp³-hybridized carbons (Fsp3) is 0.333. The first kappa shape index (κ1) is 12.9. The number of hydrogen-bond acceptors (Lipinski definition) is 5. The van der Waals surface area contributed by atoms with E-state index in [4.69, 9.17) is 15.3 Å². The SMILES string of the molecule is O=C(O)c1ccnc(SCC(O)CO)c1F. The van der Waals surface area contributed by atoms with Crippen LogP contribution in [-0.2, 0) is 0 Å². The average molecular weight is 247 g/mol. The Labute approximate surface area is 94.9 Å². The highest BCUT2D eigenvalue weighted by molar-refractivity contribution is 7.99. The Bertz CT molecular complexity index is 388. The zero-order chi connectivity index (χ0) is 12.1. The van der Waals surface area contributed by atoms with E-state index < -0.39 is 30.1 Å². The third-order valence-corrected chi connectivity index (χ3v) is 2.82. The number of aliphatic hydroxyl groups excluding tert-OH is 2. The van der Waals surface area contributed by atoms with E-state index in [1.165, 1.54) is 6.20 Å². The molecule has 1 unspecified atom stereocenters. The number of aromatic nitrogens is 1. The van der Waals surface area contributed by atoms with Crippen molar-refractivity contribution in [2.45, 2.75) is 11.1 Å². The third kappa shape index (κ3) is 3.16. The Balaban J connectivity index is 2.81. The summed E-state index contributed by atoms with van der Waals surface area (Å²) < 4.78 is 13.5. The summed E-state index contributed by atoms with van der Waals surface area (Å²) in [5.41, 5.74) is -0.462. The van der Waals surface area contributed by atoms with Gasteiger partial charge in [-0.3, -0.25) is 0 Å². The van der Waals surface area contributed by atoms with Crippen LogP contribution < -0.4 is 0 Å². The van der Waals surface area contributed by atoms with Gasteiger partial charge in [0.2, 0.25) is 0 Å². The van der Waals surface area contributed by atoms with Crippen LogP contribution >= 0.6 is 11.8 Å². The number of halogens is 1. The van der Waals surface area contributed by atoms with Gasteiger partial charge in [-0.25, -0.2) is 14.2 Å². The third-order valence-electron chi connectivity index (χ3n) is 1.71. The van der Waals surface area contributed by atoms with Gasteiger partial charge in [0.15, 0.2) is 5.82 Å². The van der Waals surface area contributed by atoms with Gasteiger partial charge in [0.1, 0.15) is 5.03 Å². The summed E-state index contributed by atoms with van der Waals surface area (Å²) in [4.78, 5) is 14.3. The summed E-state index contributed by atoms with van der Waals surface area (Å²) in [5, 5.41) is 26.1. The Morgan fingerprint density at radius 1 is 1.62 bits per heavy atom. The van der Waals surface area contributed by atoms with Gasteiger partial charge in [-0.1, -0.05) is 0 Å². The molecule has 1 aromatic heterocycles. The van der Waals surface area contributed by atoms with Crippen molar-refractivity contribution in [3.8, 4) is 0 Å². The lowest BCUT2D eigenvalue weighted by atomic mass is 10.3. The number of carbonyl (C=O) groups is 1. The second kappa shape index (κ2) is 5.78. The molecule has 16 heavy (non-hydrogen) atoms. The van der Waals surface area contributed by atoms with Gasteiger partial charge >= 0.3 is 5.97 Å². The molecule has 5 nitrogen and oxygen atoms in total. The van der Waals surface area contributed by atoms with Crippen LogP contribution in [-0.4, -0.2) is 44.7 Å². The Hall–Kier alpha value is -1.18. The van der Waals surface area contributed by atoms with Gasteiger partial charge in [0.25, 0.3) is 0 Å². The predicted molar refractivity (Wildman–Crippen MR) is 55.0 cm³/mol. The molecule has 1 atom stereocenters. The van der Waals surface area contributed by atoms with Crippen LogP contribution in [0.2, 0.25) is 0 Å². The number of hydrogen-bond donors (Lipinski definition) is 3. The van der Waals surface area contributed by atoms with E-state index in [0.717, 1.165) is 17.8 Å². The van der Waals surface area contributed by atoms with Crippen molar-refractivity contribution in [2.24, 2.45) is 0 Å². The number of carboxylic acid groups (broad SMARTS) is 1. The fourth-order valence-electron chi connectivity index (χ4n) is 0.918. The lowest BCUT2D eigenvalue weighted by Crippen LogP contribution is -2.15. The highest BCUT2D eigenvalue weighted by atomic mass is 32.2. The molecule has 1 rings (SSSR count). The van der Waals surface area contributed by atoms with Crippen LogP contribution in [0, 0.1) is 5.82 Å². The number of carboxylic acids is 1. The minimum Gasteiger partial charge on any atom is -0.478 e. The number of aliphatic hydroxyl groups is 2. The molecule has 1 aromatic rings. The van der Waals surface area contributed by atoms with Crippen molar-refractivity contribution >= 4 is 17.7 Å². The van der Waals surface area contributed by atoms with Gasteiger partial charge in [-0.05, 0) is 6.07 Å². The zero-order valence-corrected chi connectivity index (χ0v) is 8.95. The average Bonchev–Trinajstić information content (AvgIpc) is 2.26. The molecule has 0 saturated heterocycles. The molecule has 0 aliphatic heterocycles. The standard InChI is InChI=1S/C9H10FNO4S/c10-7-6(9(14)15)1-2-11-8(7)16-4-5(13)3-12/h1-2,5,12-13H,3-4H2,(H,14,15). The molecule has 7 heteroatoms. The molecule has 0 saturated carbocycles. The van der Waals surface area contributed by atoms with Crippen molar-refractivity contribution in [3.63, 3.8) is 0 Å². The maximum atomic E-state index is 13.5. The van der Waals surface area contributed by atoms with Gasteiger partial charge < -0.3 is 15.3 Å². The Morgan fingerprint density at radius 2 is 2.31 bits per heavy atom. The summed E-state index contributed by atoms with van der Waals surface area (Å²) in [6, 6.07) is 1.06. The summed E-state index contributed by atoms with van der Waals surface area (Å²) in [5.74, 6) is -2.25. The van der Waals surface area contributed by atoms with E-state index >= 15 is 0 Å². The maximum absolute atomic E-state index is 13.5. The Morgan fingerprint density at radius 3 is 2.88 bits per heavy atom. The lowest BCUT2D eigenvalue weighted by molar-refractivity contribution is 0.0691. The summed E-state index contributed by atoms with van der Waals surface area (Å²) in [6.07, 6.45) is 0.194. The lowest BCUT2D eigenvalue weighted by Gasteiger charge is -2.07. The largest absolute Gasteiger partial charge is 0.478 e. The maximum Gasteiger partial charge on any atom is 0.338 e. The number of thioether (sulfide) groups is 1. The van der Waals surface area contributed by atoms with Crippen molar-refractivity contribution in [1.29, 1.82) is 0 Å². The summed E-state index contributed by atoms with van der Waals surface area (Å²) >= 11 is 0.852. The fourth-order valence-corrected chi connectivity index (χ4v) is 1.75. The molecule has 0 spiro atoms. The van der Waals surface area contributed by atoms with Crippen molar-refractivity contribution < 1.29 is 24.5 Å². The number of aromatic carboxylic acids is 1. The van der Waals surface area contributed by atoms with Crippen molar-refractivity contribution in [1.82, 2.24) is 4.98 Å².